The molecule has 2 fully saturated rings. The molecule has 0 bridgehead atoms. The summed E-state index contributed by atoms with van der Waals surface area (Å²) in [4.78, 5) is 37.8. The molecule has 0 radical (unpaired) electrons. The molecule has 2 amide bonds. The number of rotatable bonds is 6. The molecule has 2 atom stereocenters. The number of alkyl halides is 1. The number of piperidine rings is 1. The molecule has 9 nitrogen and oxygen atoms in total. The maximum Gasteiger partial charge on any atom is 0.255 e. The Labute approximate surface area is 185 Å². The molecule has 0 spiro atoms. The molecule has 2 aromatic rings. The van der Waals surface area contributed by atoms with Crippen molar-refractivity contribution in [2.45, 2.75) is 56.4 Å². The minimum Gasteiger partial charge on any atom is -0.473 e. The van der Waals surface area contributed by atoms with Crippen LogP contribution in [0.1, 0.15) is 48.9 Å². The molecule has 32 heavy (non-hydrogen) atoms. The molecule has 1 aliphatic heterocycles. The van der Waals surface area contributed by atoms with Crippen molar-refractivity contribution >= 4 is 23.0 Å². The predicted octanol–water partition coefficient (Wildman–Crippen LogP) is 1.89. The van der Waals surface area contributed by atoms with Gasteiger partial charge in [0.15, 0.2) is 5.65 Å². The predicted molar refractivity (Wildman–Crippen MR) is 115 cm³/mol. The van der Waals surface area contributed by atoms with Crippen molar-refractivity contribution in [3.05, 3.63) is 30.6 Å². The van der Waals surface area contributed by atoms with Crippen LogP contribution in [0.4, 0.5) is 4.39 Å². The van der Waals surface area contributed by atoms with E-state index in [1.165, 1.54) is 18.5 Å². The van der Waals surface area contributed by atoms with Gasteiger partial charge in [0.1, 0.15) is 23.4 Å². The number of aliphatic hydroxyl groups is 1. The third-order valence-electron chi connectivity index (χ3n) is 6.27. The maximum atomic E-state index is 14.2. The number of carbonyl (C=O) groups excluding carboxylic acids is 2. The highest BCUT2D eigenvalue weighted by Crippen LogP contribution is 2.30. The first-order chi connectivity index (χ1) is 15.4. The van der Waals surface area contributed by atoms with Crippen LogP contribution in [-0.2, 0) is 4.79 Å². The van der Waals surface area contributed by atoms with Gasteiger partial charge in [0.05, 0.1) is 11.8 Å². The number of likely N-dealkylation sites (tertiary alicyclic amines) is 1. The Hall–Kier alpha value is -3.01. The van der Waals surface area contributed by atoms with Crippen LogP contribution in [0.3, 0.4) is 0 Å². The van der Waals surface area contributed by atoms with Crippen LogP contribution < -0.4 is 10.1 Å². The first kappa shape index (κ1) is 22.2. The van der Waals surface area contributed by atoms with Gasteiger partial charge in [0.2, 0.25) is 11.8 Å². The van der Waals surface area contributed by atoms with E-state index >= 15 is 0 Å². The Bertz CT molecular complexity index is 1000. The van der Waals surface area contributed by atoms with Crippen molar-refractivity contribution in [3.8, 4) is 5.88 Å². The highest BCUT2D eigenvalue weighted by atomic mass is 19.1. The van der Waals surface area contributed by atoms with Gasteiger partial charge in [-0.25, -0.2) is 14.4 Å². The molecular weight excluding hydrogens is 417 g/mol. The van der Waals surface area contributed by atoms with Crippen LogP contribution in [0, 0.1) is 0 Å². The van der Waals surface area contributed by atoms with Crippen LogP contribution in [0.2, 0.25) is 0 Å². The zero-order valence-corrected chi connectivity index (χ0v) is 17.8. The number of halogens is 1. The third kappa shape index (κ3) is 4.59. The zero-order valence-electron chi connectivity index (χ0n) is 17.8. The number of aromatic nitrogens is 3. The molecule has 3 heterocycles. The fraction of sp³-hybridized carbons (Fsp3) is 0.545. The van der Waals surface area contributed by atoms with Crippen LogP contribution in [0.25, 0.3) is 11.2 Å². The Balaban J connectivity index is 1.41. The molecule has 0 unspecified atom stereocenters. The van der Waals surface area contributed by atoms with E-state index in [-0.39, 0.29) is 30.0 Å². The Morgan fingerprint density at radius 1 is 1.38 bits per heavy atom. The van der Waals surface area contributed by atoms with E-state index in [0.717, 1.165) is 12.8 Å². The summed E-state index contributed by atoms with van der Waals surface area (Å²) in [7, 11) is 0. The normalized spacial score (nSPS) is 24.3. The van der Waals surface area contributed by atoms with Crippen molar-refractivity contribution in [1.29, 1.82) is 0 Å². The average Bonchev–Trinajstić information content (AvgIpc) is 3.23. The van der Waals surface area contributed by atoms with Crippen LogP contribution in [0.15, 0.2) is 25.0 Å². The minimum atomic E-state index is -1.54. The molecule has 3 N–H and O–H groups in total. The van der Waals surface area contributed by atoms with E-state index in [9.17, 15) is 19.1 Å². The van der Waals surface area contributed by atoms with Crippen LogP contribution in [-0.4, -0.2) is 74.3 Å². The standard InChI is InChI=1S/C22H28FN5O4/c1-2-18(29)28-9-6-14(7-10-28)32-17-12-25-20-19(27-17)15(11-24-20)21(30)26-13-22(31)8-4-3-5-16(22)23/h2,11-12,14,16,31H,1,3-10,13H2,(H,24,25)(H,26,30)/t16-,22+/m0/s1. The van der Waals surface area contributed by atoms with E-state index in [2.05, 4.69) is 26.8 Å². The van der Waals surface area contributed by atoms with Gasteiger partial charge in [-0.05, 0) is 18.9 Å². The molecule has 1 saturated heterocycles. The second-order valence-electron chi connectivity index (χ2n) is 8.45. The zero-order chi connectivity index (χ0) is 22.7. The number of H-pyrrole nitrogens is 1. The van der Waals surface area contributed by atoms with Crippen molar-refractivity contribution in [2.75, 3.05) is 19.6 Å². The van der Waals surface area contributed by atoms with E-state index in [1.807, 2.05) is 0 Å². The molecule has 4 rings (SSSR count). The Morgan fingerprint density at radius 2 is 2.16 bits per heavy atom. The highest BCUT2D eigenvalue weighted by molar-refractivity contribution is 6.04. The second-order valence-corrected chi connectivity index (χ2v) is 8.45. The lowest BCUT2D eigenvalue weighted by Crippen LogP contribution is -2.51. The van der Waals surface area contributed by atoms with Gasteiger partial charge >= 0.3 is 0 Å². The Morgan fingerprint density at radius 3 is 2.88 bits per heavy atom. The molecule has 2 aromatic heterocycles. The number of aromatic amines is 1. The molecular formula is C22H28FN5O4. The lowest BCUT2D eigenvalue weighted by atomic mass is 9.83. The summed E-state index contributed by atoms with van der Waals surface area (Å²) < 4.78 is 20.1. The monoisotopic (exact) mass is 445 g/mol. The van der Waals surface area contributed by atoms with E-state index < -0.39 is 17.7 Å². The number of hydrogen-bond acceptors (Lipinski definition) is 6. The van der Waals surface area contributed by atoms with Crippen LogP contribution in [0.5, 0.6) is 5.88 Å². The van der Waals surface area contributed by atoms with Crippen molar-refractivity contribution in [1.82, 2.24) is 25.2 Å². The summed E-state index contributed by atoms with van der Waals surface area (Å²) in [6, 6.07) is 0. The summed E-state index contributed by atoms with van der Waals surface area (Å²) in [6.07, 6.45) is 6.20. The largest absolute Gasteiger partial charge is 0.473 e. The third-order valence-corrected chi connectivity index (χ3v) is 6.27. The highest BCUT2D eigenvalue weighted by Gasteiger charge is 2.39. The van der Waals surface area contributed by atoms with Gasteiger partial charge in [0.25, 0.3) is 5.91 Å². The van der Waals surface area contributed by atoms with Gasteiger partial charge in [-0.15, -0.1) is 0 Å². The lowest BCUT2D eigenvalue weighted by Gasteiger charge is -2.35. The molecule has 0 aromatic carbocycles. The number of hydrogen-bond donors (Lipinski definition) is 3. The molecule has 1 saturated carbocycles. The number of carbonyl (C=O) groups is 2. The lowest BCUT2D eigenvalue weighted by molar-refractivity contribution is -0.127. The molecule has 1 aliphatic carbocycles. The Kier molecular flexibility index (Phi) is 6.40. The number of ether oxygens (including phenoxy) is 1. The first-order valence-corrected chi connectivity index (χ1v) is 11.0. The molecule has 10 heteroatoms. The van der Waals surface area contributed by atoms with Gasteiger partial charge in [0, 0.05) is 38.7 Å². The van der Waals surface area contributed by atoms with Gasteiger partial charge in [-0.2, -0.15) is 0 Å². The smallest absolute Gasteiger partial charge is 0.255 e. The van der Waals surface area contributed by atoms with Gasteiger partial charge in [-0.1, -0.05) is 19.4 Å². The summed E-state index contributed by atoms with van der Waals surface area (Å²) in [5.41, 5.74) is -0.526. The summed E-state index contributed by atoms with van der Waals surface area (Å²) >= 11 is 0. The summed E-state index contributed by atoms with van der Waals surface area (Å²) in [5, 5.41) is 13.2. The van der Waals surface area contributed by atoms with Crippen molar-refractivity contribution in [2.24, 2.45) is 0 Å². The summed E-state index contributed by atoms with van der Waals surface area (Å²) in [6.45, 7) is 4.49. The second kappa shape index (κ2) is 9.23. The topological polar surface area (TPSA) is 120 Å². The fourth-order valence-electron chi connectivity index (χ4n) is 4.31. The van der Waals surface area contributed by atoms with Crippen molar-refractivity contribution < 1.29 is 23.8 Å². The van der Waals surface area contributed by atoms with Gasteiger partial charge in [-0.3, -0.25) is 9.59 Å². The molecule has 172 valence electrons. The fourth-order valence-corrected chi connectivity index (χ4v) is 4.31. The number of amides is 2. The van der Waals surface area contributed by atoms with Crippen LogP contribution >= 0.6 is 0 Å². The number of nitrogens with one attached hydrogen (secondary N) is 2. The quantitative estimate of drug-likeness (QED) is 0.584. The van der Waals surface area contributed by atoms with E-state index in [0.29, 0.717) is 49.9 Å². The maximum absolute atomic E-state index is 14.2. The summed E-state index contributed by atoms with van der Waals surface area (Å²) in [5.74, 6) is -0.274. The molecule has 2 aliphatic rings. The number of fused-ring (bicyclic) bond motifs is 1. The van der Waals surface area contributed by atoms with Gasteiger partial charge < -0.3 is 25.0 Å². The first-order valence-electron chi connectivity index (χ1n) is 11.0. The van der Waals surface area contributed by atoms with Crippen molar-refractivity contribution in [3.63, 3.8) is 0 Å². The van der Waals surface area contributed by atoms with E-state index in [1.54, 1.807) is 4.90 Å². The average molecular weight is 445 g/mol. The SMILES string of the molecule is C=CC(=O)N1CCC(Oc2cnc3[nH]cc(C(=O)NC[C@]4(O)CCCC[C@@H]4F)c3n2)CC1. The van der Waals surface area contributed by atoms with E-state index in [4.69, 9.17) is 4.74 Å². The minimum absolute atomic E-state index is 0.0930. The number of nitrogens with zero attached hydrogens (tertiary/aromatic N) is 3.